The van der Waals surface area contributed by atoms with Gasteiger partial charge in [-0.15, -0.1) is 0 Å². The van der Waals surface area contributed by atoms with E-state index < -0.39 is 12.1 Å². The van der Waals surface area contributed by atoms with Gasteiger partial charge < -0.3 is 20.5 Å². The standard InChI is InChI=1S/C20H20N4O2.C2HF3O2/c21-10-13-1-8-19(22-11-13)26-17-6-3-14(4-7-17)20(25)23-12-18-15-2-5-16(9-15)24-18;3-2(4,5)1(6)7/h1,3-4,6-8,11,15-16,18,24H,2,5,9,12H2,(H,23,25);(H,6,7)/t15-,16+,18+;/m0./s1. The van der Waals surface area contributed by atoms with Crippen molar-refractivity contribution in [2.75, 3.05) is 6.54 Å². The van der Waals surface area contributed by atoms with Crippen molar-refractivity contribution >= 4 is 11.9 Å². The number of nitrogens with one attached hydrogen (secondary N) is 2. The Labute approximate surface area is 187 Å². The molecule has 1 aromatic heterocycles. The van der Waals surface area contributed by atoms with Gasteiger partial charge in [0.2, 0.25) is 5.88 Å². The van der Waals surface area contributed by atoms with Crippen molar-refractivity contribution in [1.29, 1.82) is 5.26 Å². The Bertz CT molecular complexity index is 1020. The number of benzene rings is 1. The molecule has 0 unspecified atom stereocenters. The molecule has 11 heteroatoms. The molecule has 1 saturated heterocycles. The number of carboxylic acids is 1. The van der Waals surface area contributed by atoms with Crippen LogP contribution in [-0.2, 0) is 4.79 Å². The number of fused-ring (bicyclic) bond motifs is 2. The Morgan fingerprint density at radius 3 is 2.39 bits per heavy atom. The summed E-state index contributed by atoms with van der Waals surface area (Å²) < 4.78 is 37.4. The second-order valence-corrected chi connectivity index (χ2v) is 7.68. The first-order chi connectivity index (χ1) is 15.7. The molecule has 2 bridgehead atoms. The van der Waals surface area contributed by atoms with Gasteiger partial charge in [0, 0.05) is 36.5 Å². The van der Waals surface area contributed by atoms with E-state index in [4.69, 9.17) is 19.9 Å². The SMILES string of the molecule is N#Cc1ccc(Oc2ccc(C(=O)NC[C@H]3N[C@@H]4CC[C@H]3C4)cc2)nc1.O=C(O)C(F)(F)F. The van der Waals surface area contributed by atoms with Gasteiger partial charge in [-0.1, -0.05) is 0 Å². The molecule has 1 aliphatic carbocycles. The van der Waals surface area contributed by atoms with E-state index in [1.807, 2.05) is 6.07 Å². The van der Waals surface area contributed by atoms with Crippen LogP contribution in [-0.4, -0.2) is 46.8 Å². The van der Waals surface area contributed by atoms with Gasteiger partial charge in [-0.2, -0.15) is 18.4 Å². The highest BCUT2D eigenvalue weighted by molar-refractivity contribution is 5.94. The van der Waals surface area contributed by atoms with E-state index in [0.29, 0.717) is 47.3 Å². The molecule has 174 valence electrons. The monoisotopic (exact) mass is 462 g/mol. The number of ether oxygens (including phenoxy) is 1. The summed E-state index contributed by atoms with van der Waals surface area (Å²) in [5, 5.41) is 22.5. The lowest BCUT2D eigenvalue weighted by molar-refractivity contribution is -0.192. The van der Waals surface area contributed by atoms with Gasteiger partial charge >= 0.3 is 12.1 Å². The van der Waals surface area contributed by atoms with E-state index in [1.165, 1.54) is 25.5 Å². The summed E-state index contributed by atoms with van der Waals surface area (Å²) in [4.78, 5) is 25.3. The second kappa shape index (κ2) is 10.3. The normalized spacial score (nSPS) is 20.8. The van der Waals surface area contributed by atoms with Gasteiger partial charge in [0.1, 0.15) is 11.8 Å². The summed E-state index contributed by atoms with van der Waals surface area (Å²) in [5.74, 6) is -1.13. The quantitative estimate of drug-likeness (QED) is 0.623. The average Bonchev–Trinajstić information content (AvgIpc) is 3.42. The van der Waals surface area contributed by atoms with E-state index in [-0.39, 0.29) is 5.91 Å². The van der Waals surface area contributed by atoms with Crippen LogP contribution >= 0.6 is 0 Å². The summed E-state index contributed by atoms with van der Waals surface area (Å²) in [7, 11) is 0. The third-order valence-corrected chi connectivity index (χ3v) is 5.42. The number of amides is 1. The number of carbonyl (C=O) groups is 2. The number of halogens is 3. The molecule has 0 radical (unpaired) electrons. The zero-order valence-corrected chi connectivity index (χ0v) is 17.3. The molecule has 8 nitrogen and oxygen atoms in total. The number of hydrogen-bond acceptors (Lipinski definition) is 6. The predicted octanol–water partition coefficient (Wildman–Crippen LogP) is 3.25. The van der Waals surface area contributed by atoms with Crippen molar-refractivity contribution in [3.63, 3.8) is 0 Å². The van der Waals surface area contributed by atoms with E-state index in [9.17, 15) is 18.0 Å². The number of aromatic nitrogens is 1. The minimum absolute atomic E-state index is 0.0716. The highest BCUT2D eigenvalue weighted by Gasteiger charge is 2.39. The number of nitrogens with zero attached hydrogens (tertiary/aromatic N) is 2. The van der Waals surface area contributed by atoms with Crippen molar-refractivity contribution in [2.24, 2.45) is 5.92 Å². The highest BCUT2D eigenvalue weighted by atomic mass is 19.4. The minimum atomic E-state index is -5.08. The van der Waals surface area contributed by atoms with Crippen molar-refractivity contribution < 1.29 is 32.6 Å². The molecule has 4 rings (SSSR count). The van der Waals surface area contributed by atoms with Gasteiger partial charge in [-0.05, 0) is 55.5 Å². The smallest absolute Gasteiger partial charge is 0.475 e. The Balaban J connectivity index is 0.000000383. The molecule has 1 saturated carbocycles. The zero-order chi connectivity index (χ0) is 24.0. The number of piperidine rings is 1. The number of nitriles is 1. The van der Waals surface area contributed by atoms with Gasteiger partial charge in [-0.3, -0.25) is 4.79 Å². The molecule has 33 heavy (non-hydrogen) atoms. The lowest BCUT2D eigenvalue weighted by atomic mass is 10.00. The fourth-order valence-electron chi connectivity index (χ4n) is 3.80. The Morgan fingerprint density at radius 1 is 1.21 bits per heavy atom. The maximum absolute atomic E-state index is 12.3. The number of rotatable bonds is 5. The summed E-state index contributed by atoms with van der Waals surface area (Å²) in [6.07, 6.45) is 0.162. The number of carbonyl (C=O) groups excluding carboxylic acids is 1. The number of hydrogen-bond donors (Lipinski definition) is 3. The molecule has 2 aromatic rings. The largest absolute Gasteiger partial charge is 0.490 e. The van der Waals surface area contributed by atoms with E-state index in [1.54, 1.807) is 36.4 Å². The van der Waals surface area contributed by atoms with Crippen LogP contribution in [0.25, 0.3) is 0 Å². The Kier molecular flexibility index (Phi) is 7.50. The first-order valence-electron chi connectivity index (χ1n) is 10.1. The van der Waals surface area contributed by atoms with E-state index >= 15 is 0 Å². The van der Waals surface area contributed by atoms with Crippen LogP contribution in [0.15, 0.2) is 42.6 Å². The third kappa shape index (κ3) is 6.66. The van der Waals surface area contributed by atoms with E-state index in [0.717, 1.165) is 0 Å². The van der Waals surface area contributed by atoms with Gasteiger partial charge in [0.15, 0.2) is 0 Å². The maximum atomic E-state index is 12.3. The summed E-state index contributed by atoms with van der Waals surface area (Å²) in [6.45, 7) is 0.674. The van der Waals surface area contributed by atoms with Crippen LogP contribution in [0.3, 0.4) is 0 Å². The number of aliphatic carboxylic acids is 1. The molecule has 1 aliphatic heterocycles. The fraction of sp³-hybridized carbons (Fsp3) is 0.364. The lowest BCUT2D eigenvalue weighted by Crippen LogP contribution is -2.44. The number of carboxylic acid groups (broad SMARTS) is 1. The molecule has 3 N–H and O–H groups in total. The summed E-state index contributed by atoms with van der Waals surface area (Å²) in [6, 6.07) is 13.3. The molecule has 1 amide bonds. The summed E-state index contributed by atoms with van der Waals surface area (Å²) in [5.41, 5.74) is 1.09. The van der Waals surface area contributed by atoms with Gasteiger partial charge in [0.25, 0.3) is 5.91 Å². The van der Waals surface area contributed by atoms with E-state index in [2.05, 4.69) is 15.6 Å². The van der Waals surface area contributed by atoms with Gasteiger partial charge in [-0.25, -0.2) is 9.78 Å². The maximum Gasteiger partial charge on any atom is 0.490 e. The minimum Gasteiger partial charge on any atom is -0.475 e. The molecule has 2 aliphatic rings. The average molecular weight is 462 g/mol. The number of pyridine rings is 1. The first-order valence-corrected chi connectivity index (χ1v) is 10.1. The van der Waals surface area contributed by atoms with Gasteiger partial charge in [0.05, 0.1) is 5.56 Å². The van der Waals surface area contributed by atoms with Crippen molar-refractivity contribution in [3.05, 3.63) is 53.7 Å². The number of alkyl halides is 3. The van der Waals surface area contributed by atoms with Crippen molar-refractivity contribution in [2.45, 2.75) is 37.5 Å². The van der Waals surface area contributed by atoms with Crippen LogP contribution in [0.2, 0.25) is 0 Å². The third-order valence-electron chi connectivity index (χ3n) is 5.42. The zero-order valence-electron chi connectivity index (χ0n) is 17.3. The Hall–Kier alpha value is -3.65. The summed E-state index contributed by atoms with van der Waals surface area (Å²) >= 11 is 0. The van der Waals surface area contributed by atoms with Crippen LogP contribution in [0.1, 0.15) is 35.2 Å². The van der Waals surface area contributed by atoms with Crippen LogP contribution in [0.4, 0.5) is 13.2 Å². The molecule has 2 heterocycles. The molecule has 1 aromatic carbocycles. The molecular formula is C22H21F3N4O4. The van der Waals surface area contributed by atoms with Crippen LogP contribution in [0.5, 0.6) is 11.6 Å². The van der Waals surface area contributed by atoms with Crippen molar-refractivity contribution in [1.82, 2.24) is 15.6 Å². The second-order valence-electron chi connectivity index (χ2n) is 7.68. The molecule has 3 atom stereocenters. The van der Waals surface area contributed by atoms with Crippen LogP contribution < -0.4 is 15.4 Å². The Morgan fingerprint density at radius 2 is 1.91 bits per heavy atom. The fourth-order valence-corrected chi connectivity index (χ4v) is 3.80. The highest BCUT2D eigenvalue weighted by Crippen LogP contribution is 2.34. The van der Waals surface area contributed by atoms with Crippen molar-refractivity contribution in [3.8, 4) is 17.7 Å². The topological polar surface area (TPSA) is 124 Å². The molecular weight excluding hydrogens is 441 g/mol. The first kappa shape index (κ1) is 24.0. The molecule has 2 fully saturated rings. The molecule has 0 spiro atoms. The van der Waals surface area contributed by atoms with Crippen LogP contribution in [0, 0.1) is 17.2 Å². The lowest BCUT2D eigenvalue weighted by Gasteiger charge is -2.23. The predicted molar refractivity (Wildman–Crippen MR) is 110 cm³/mol.